The lowest BCUT2D eigenvalue weighted by molar-refractivity contribution is -0.132. The number of aromatic nitrogens is 1. The minimum atomic E-state index is -3.05. The molecule has 0 atom stereocenters. The predicted octanol–water partition coefficient (Wildman–Crippen LogP) is 2.79. The van der Waals surface area contributed by atoms with Gasteiger partial charge in [0.1, 0.15) is 10.5 Å². The molecule has 2 aliphatic rings. The molecule has 0 bridgehead atoms. The largest absolute Gasteiger partial charge is 0.341 e. The first-order valence-electron chi connectivity index (χ1n) is 11.1. The predicted molar refractivity (Wildman–Crippen MR) is 126 cm³/mol. The number of thiocarbonyl (C=S) groups is 1. The van der Waals surface area contributed by atoms with Crippen LogP contribution in [0, 0.1) is 18.6 Å². The van der Waals surface area contributed by atoms with Crippen molar-refractivity contribution in [2.45, 2.75) is 50.6 Å². The number of amides is 2. The summed E-state index contributed by atoms with van der Waals surface area (Å²) in [7, 11) is 1.48. The first kappa shape index (κ1) is 25.8. The Bertz CT molecular complexity index is 1290. The van der Waals surface area contributed by atoms with Crippen molar-refractivity contribution < 1.29 is 31.9 Å². The van der Waals surface area contributed by atoms with Crippen molar-refractivity contribution in [3.8, 4) is 0 Å². The van der Waals surface area contributed by atoms with Gasteiger partial charge < -0.3 is 20.6 Å². The highest BCUT2D eigenvalue weighted by Crippen LogP contribution is 2.46. The van der Waals surface area contributed by atoms with E-state index in [0.29, 0.717) is 25.1 Å². The first-order chi connectivity index (χ1) is 16.9. The van der Waals surface area contributed by atoms with Gasteiger partial charge in [-0.15, -0.1) is 0 Å². The van der Waals surface area contributed by atoms with Crippen LogP contribution < -0.4 is 21.5 Å². The quantitative estimate of drug-likeness (QED) is 0.146. The zero-order valence-corrected chi connectivity index (χ0v) is 20.2. The second-order valence-corrected chi connectivity index (χ2v) is 9.32. The third kappa shape index (κ3) is 4.48. The Hall–Kier alpha value is -3.32. The van der Waals surface area contributed by atoms with E-state index < -0.39 is 53.5 Å². The van der Waals surface area contributed by atoms with Crippen molar-refractivity contribution >= 4 is 40.5 Å². The average molecular weight is 526 g/mol. The van der Waals surface area contributed by atoms with Gasteiger partial charge in [0.2, 0.25) is 0 Å². The van der Waals surface area contributed by atoms with Crippen LogP contribution in [0.15, 0.2) is 18.2 Å². The van der Waals surface area contributed by atoms with Crippen LogP contribution in [-0.4, -0.2) is 45.7 Å². The van der Waals surface area contributed by atoms with E-state index in [1.165, 1.54) is 20.0 Å². The number of carbonyl (C=O) groups excluding carboxylic acids is 3. The zero-order valence-electron chi connectivity index (χ0n) is 19.4. The van der Waals surface area contributed by atoms with Crippen LogP contribution in [0.4, 0.5) is 23.2 Å². The van der Waals surface area contributed by atoms with E-state index in [1.54, 1.807) is 4.57 Å². The van der Waals surface area contributed by atoms with Crippen LogP contribution in [0.2, 0.25) is 0 Å². The lowest BCUT2D eigenvalue weighted by atomic mass is 9.73. The third-order valence-electron chi connectivity index (χ3n) is 6.38. The molecule has 0 unspecified atom stereocenters. The smallest absolute Gasteiger partial charge is 0.294 e. The number of carbonyl (C=O) groups is 3. The molecule has 36 heavy (non-hydrogen) atoms. The Morgan fingerprint density at radius 2 is 1.81 bits per heavy atom. The third-order valence-corrected chi connectivity index (χ3v) is 6.88. The van der Waals surface area contributed by atoms with Gasteiger partial charge in [-0.1, -0.05) is 12.2 Å². The monoisotopic (exact) mass is 525 g/mol. The molecular weight excluding hydrogens is 502 g/mol. The van der Waals surface area contributed by atoms with E-state index in [0.717, 1.165) is 12.1 Å². The second kappa shape index (κ2) is 9.28. The van der Waals surface area contributed by atoms with Crippen molar-refractivity contribution in [3.63, 3.8) is 0 Å². The second-order valence-electron chi connectivity index (χ2n) is 8.91. The first-order valence-corrected chi connectivity index (χ1v) is 11.5. The van der Waals surface area contributed by atoms with Gasteiger partial charge >= 0.3 is 0 Å². The summed E-state index contributed by atoms with van der Waals surface area (Å²) in [6.07, 6.45) is -0.475. The molecule has 2 amide bonds. The molecule has 192 valence electrons. The van der Waals surface area contributed by atoms with Crippen LogP contribution in [0.3, 0.4) is 0 Å². The number of alkyl halides is 2. The molecule has 4 rings (SSSR count). The highest BCUT2D eigenvalue weighted by Gasteiger charge is 2.60. The number of fused-ring (bicyclic) bond motifs is 1. The lowest BCUT2D eigenvalue weighted by Gasteiger charge is -2.47. The Balaban J connectivity index is 1.61. The molecular formula is C23H23F4N5O3S. The molecule has 1 aromatic carbocycles. The zero-order chi connectivity index (χ0) is 26.4. The number of rotatable bonds is 7. The summed E-state index contributed by atoms with van der Waals surface area (Å²) >= 11 is 5.14. The van der Waals surface area contributed by atoms with Crippen molar-refractivity contribution in [1.82, 2.24) is 20.7 Å². The molecule has 1 saturated carbocycles. The van der Waals surface area contributed by atoms with Gasteiger partial charge in [-0.2, -0.15) is 0 Å². The number of anilines is 1. The number of nitrogens with one attached hydrogen (secondary N) is 4. The molecule has 2 aromatic rings. The molecule has 1 aliphatic heterocycles. The Labute approximate surface area is 208 Å². The normalized spacial score (nSPS) is 17.1. The van der Waals surface area contributed by atoms with Crippen LogP contribution in [-0.2, 0) is 17.8 Å². The average Bonchev–Trinajstić information content (AvgIpc) is 3.33. The molecule has 8 nitrogen and oxygen atoms in total. The number of hydrogen-bond acceptors (Lipinski definition) is 5. The van der Waals surface area contributed by atoms with Gasteiger partial charge in [0.15, 0.2) is 11.6 Å². The van der Waals surface area contributed by atoms with E-state index in [1.807, 2.05) is 0 Å². The van der Waals surface area contributed by atoms with E-state index in [4.69, 9.17) is 12.2 Å². The van der Waals surface area contributed by atoms with Crippen LogP contribution >= 0.6 is 12.2 Å². The summed E-state index contributed by atoms with van der Waals surface area (Å²) in [6, 6.07) is 2.89. The fourth-order valence-electron chi connectivity index (χ4n) is 4.83. The summed E-state index contributed by atoms with van der Waals surface area (Å²) in [6.45, 7) is 1.86. The van der Waals surface area contributed by atoms with Crippen molar-refractivity contribution in [1.29, 1.82) is 0 Å². The van der Waals surface area contributed by atoms with Crippen molar-refractivity contribution in [3.05, 3.63) is 52.3 Å². The van der Waals surface area contributed by atoms with Crippen LogP contribution in [0.25, 0.3) is 0 Å². The Morgan fingerprint density at radius 1 is 1.11 bits per heavy atom. The summed E-state index contributed by atoms with van der Waals surface area (Å²) in [4.78, 5) is 39.2. The molecule has 1 aromatic heterocycles. The summed E-state index contributed by atoms with van der Waals surface area (Å²) in [5.41, 5.74) is 4.30. The Morgan fingerprint density at radius 3 is 2.42 bits per heavy atom. The summed E-state index contributed by atoms with van der Waals surface area (Å²) in [5.74, 6) is -8.04. The standard InChI is InChI=1S/C23H23F4N5O3S/c1-11-16(19(34)29-12-5-6-13(24)14(25)8-12)15-4-3-7-32(15)17(11)18(33)20(35)30-22(21(36)31-28-2)9-23(26,27)10-22/h5-6,8,28H,3-4,7,9-10H2,1-2H3,(H,29,34)(H,30,35)(H,31,36). The maximum absolute atomic E-state index is 13.7. The van der Waals surface area contributed by atoms with E-state index >= 15 is 0 Å². The molecule has 1 aliphatic carbocycles. The lowest BCUT2D eigenvalue weighted by Crippen LogP contribution is -2.70. The topological polar surface area (TPSA) is 104 Å². The number of Topliss-reactive ketones (excluding diaryl/α,β-unsaturated/α-hetero) is 1. The number of nitrogens with zero attached hydrogens (tertiary/aromatic N) is 1. The maximum atomic E-state index is 13.7. The molecule has 4 N–H and O–H groups in total. The highest BCUT2D eigenvalue weighted by molar-refractivity contribution is 7.80. The van der Waals surface area contributed by atoms with Crippen LogP contribution in [0.5, 0.6) is 0 Å². The van der Waals surface area contributed by atoms with E-state index in [9.17, 15) is 31.9 Å². The van der Waals surface area contributed by atoms with Gasteiger partial charge in [0.25, 0.3) is 23.5 Å². The highest BCUT2D eigenvalue weighted by atomic mass is 32.1. The minimum absolute atomic E-state index is 0.0141. The molecule has 13 heteroatoms. The van der Waals surface area contributed by atoms with E-state index in [2.05, 4.69) is 21.5 Å². The maximum Gasteiger partial charge on any atom is 0.294 e. The number of halogens is 4. The van der Waals surface area contributed by atoms with E-state index in [-0.39, 0.29) is 27.5 Å². The van der Waals surface area contributed by atoms with Crippen molar-refractivity contribution in [2.24, 2.45) is 0 Å². The number of benzene rings is 1. The minimum Gasteiger partial charge on any atom is -0.341 e. The van der Waals surface area contributed by atoms with Gasteiger partial charge in [-0.3, -0.25) is 14.4 Å². The molecule has 2 heterocycles. The van der Waals surface area contributed by atoms with Gasteiger partial charge in [0, 0.05) is 43.9 Å². The number of ketones is 1. The molecule has 0 spiro atoms. The molecule has 0 radical (unpaired) electrons. The summed E-state index contributed by atoms with van der Waals surface area (Å²) in [5, 5.41) is 4.86. The van der Waals surface area contributed by atoms with Gasteiger partial charge in [-0.25, -0.2) is 23.0 Å². The number of hydrogen-bond donors (Lipinski definition) is 4. The van der Waals surface area contributed by atoms with Crippen LogP contribution in [0.1, 0.15) is 51.4 Å². The number of hydrazine groups is 1. The van der Waals surface area contributed by atoms with Gasteiger partial charge in [0.05, 0.1) is 11.3 Å². The molecule has 0 saturated heterocycles. The fourth-order valence-corrected chi connectivity index (χ4v) is 5.13. The fraction of sp³-hybridized carbons (Fsp3) is 0.391. The Kier molecular flexibility index (Phi) is 6.64. The summed E-state index contributed by atoms with van der Waals surface area (Å²) < 4.78 is 55.8. The van der Waals surface area contributed by atoms with Gasteiger partial charge in [-0.05, 0) is 37.5 Å². The SMILES string of the molecule is CNNC(=S)C1(NC(=O)C(=O)c2c(C)c(C(=O)Nc3ccc(F)c(F)c3)c3n2CCC3)CC(F)(F)C1. The molecule has 1 fully saturated rings. The van der Waals surface area contributed by atoms with Crippen molar-refractivity contribution in [2.75, 3.05) is 12.4 Å².